The minimum absolute atomic E-state index is 0. The molecule has 0 amide bonds. The standard InChI is InChI=1S/C18H32N4O2.HI/c1-4-15(22-10-6-7-11-22)13-20-17(19-5-2)21-14-18(3,23)16-9-8-12-24-16;/h8-9,12,15,23H,4-7,10-11,13-14H2,1-3H3,(H2,19,20,21);1H. The van der Waals surface area contributed by atoms with Crippen LogP contribution in [-0.2, 0) is 5.60 Å². The van der Waals surface area contributed by atoms with E-state index in [1.807, 2.05) is 6.92 Å². The quantitative estimate of drug-likeness (QED) is 0.313. The first-order valence-electron chi connectivity index (χ1n) is 9.09. The molecule has 1 aromatic rings. The predicted octanol–water partition coefficient (Wildman–Crippen LogP) is 2.53. The summed E-state index contributed by atoms with van der Waals surface area (Å²) >= 11 is 0. The summed E-state index contributed by atoms with van der Waals surface area (Å²) in [5, 5.41) is 17.2. The van der Waals surface area contributed by atoms with Gasteiger partial charge in [0.1, 0.15) is 11.4 Å². The van der Waals surface area contributed by atoms with E-state index in [0.29, 0.717) is 11.8 Å². The lowest BCUT2D eigenvalue weighted by atomic mass is 10.0. The number of rotatable bonds is 8. The number of halogens is 1. The molecular weight excluding hydrogens is 431 g/mol. The molecule has 1 aliphatic heterocycles. The second-order valence-corrected chi connectivity index (χ2v) is 6.63. The first-order chi connectivity index (χ1) is 11.6. The number of hydrogen-bond donors (Lipinski definition) is 3. The molecule has 2 unspecified atom stereocenters. The lowest BCUT2D eigenvalue weighted by Gasteiger charge is -2.27. The van der Waals surface area contributed by atoms with Crippen LogP contribution in [0.5, 0.6) is 0 Å². The average Bonchev–Trinajstić information content (AvgIpc) is 3.26. The van der Waals surface area contributed by atoms with E-state index in [2.05, 4.69) is 27.4 Å². The Balaban J connectivity index is 0.00000312. The van der Waals surface area contributed by atoms with Gasteiger partial charge in [0.15, 0.2) is 5.96 Å². The summed E-state index contributed by atoms with van der Waals surface area (Å²) in [6, 6.07) is 4.08. The molecule has 0 bridgehead atoms. The second kappa shape index (κ2) is 11.0. The fourth-order valence-corrected chi connectivity index (χ4v) is 3.09. The molecule has 0 radical (unpaired) electrons. The first kappa shape index (κ1) is 22.2. The summed E-state index contributed by atoms with van der Waals surface area (Å²) in [7, 11) is 0. The van der Waals surface area contributed by atoms with Crippen molar-refractivity contribution in [1.82, 2.24) is 15.5 Å². The number of nitrogens with zero attached hydrogens (tertiary/aromatic N) is 2. The van der Waals surface area contributed by atoms with Gasteiger partial charge in [-0.3, -0.25) is 4.90 Å². The van der Waals surface area contributed by atoms with Crippen molar-refractivity contribution in [3.8, 4) is 0 Å². The van der Waals surface area contributed by atoms with Crippen molar-refractivity contribution in [2.24, 2.45) is 4.99 Å². The number of nitrogens with one attached hydrogen (secondary N) is 2. The van der Waals surface area contributed by atoms with Crippen LogP contribution < -0.4 is 10.6 Å². The highest BCUT2D eigenvalue weighted by Gasteiger charge is 2.26. The fraction of sp³-hybridized carbons (Fsp3) is 0.722. The fourth-order valence-electron chi connectivity index (χ4n) is 3.09. The Labute approximate surface area is 168 Å². The van der Waals surface area contributed by atoms with Gasteiger partial charge in [0.2, 0.25) is 0 Å². The topological polar surface area (TPSA) is 73.0 Å². The van der Waals surface area contributed by atoms with E-state index in [-0.39, 0.29) is 30.5 Å². The smallest absolute Gasteiger partial charge is 0.191 e. The number of furan rings is 1. The highest BCUT2D eigenvalue weighted by molar-refractivity contribution is 14.0. The minimum Gasteiger partial charge on any atom is -0.466 e. The lowest BCUT2D eigenvalue weighted by molar-refractivity contribution is 0.0437. The van der Waals surface area contributed by atoms with Crippen LogP contribution in [0.4, 0.5) is 0 Å². The Hall–Kier alpha value is -0.800. The second-order valence-electron chi connectivity index (χ2n) is 6.63. The molecule has 1 fully saturated rings. The van der Waals surface area contributed by atoms with Gasteiger partial charge in [0, 0.05) is 19.1 Å². The van der Waals surface area contributed by atoms with Crippen molar-refractivity contribution in [3.05, 3.63) is 24.2 Å². The van der Waals surface area contributed by atoms with Gasteiger partial charge < -0.3 is 20.2 Å². The molecule has 25 heavy (non-hydrogen) atoms. The molecule has 1 aromatic heterocycles. The molecule has 6 nitrogen and oxygen atoms in total. The molecule has 2 atom stereocenters. The van der Waals surface area contributed by atoms with Crippen molar-refractivity contribution >= 4 is 29.9 Å². The molecule has 2 rings (SSSR count). The van der Waals surface area contributed by atoms with Crippen molar-refractivity contribution < 1.29 is 9.52 Å². The maximum Gasteiger partial charge on any atom is 0.191 e. The van der Waals surface area contributed by atoms with Crippen LogP contribution >= 0.6 is 24.0 Å². The third-order valence-corrected chi connectivity index (χ3v) is 4.57. The lowest BCUT2D eigenvalue weighted by Crippen LogP contribution is -2.46. The molecule has 2 heterocycles. The normalized spacial score (nSPS) is 19.1. The molecular formula is C18H33IN4O2. The van der Waals surface area contributed by atoms with Crippen molar-refractivity contribution in [2.45, 2.75) is 51.7 Å². The average molecular weight is 464 g/mol. The first-order valence-corrected chi connectivity index (χ1v) is 9.09. The third kappa shape index (κ3) is 6.79. The van der Waals surface area contributed by atoms with Crippen molar-refractivity contribution in [3.63, 3.8) is 0 Å². The van der Waals surface area contributed by atoms with Crippen LogP contribution in [-0.4, -0.2) is 54.7 Å². The monoisotopic (exact) mass is 464 g/mol. The summed E-state index contributed by atoms with van der Waals surface area (Å²) < 4.78 is 5.31. The molecule has 1 saturated heterocycles. The third-order valence-electron chi connectivity index (χ3n) is 4.57. The molecule has 0 aromatic carbocycles. The van der Waals surface area contributed by atoms with Gasteiger partial charge in [-0.2, -0.15) is 0 Å². The highest BCUT2D eigenvalue weighted by Crippen LogP contribution is 2.21. The van der Waals surface area contributed by atoms with Crippen LogP contribution in [0.3, 0.4) is 0 Å². The SMILES string of the molecule is CCNC(=NCC(C)(O)c1ccco1)NCC(CC)N1CCCC1.I. The Morgan fingerprint density at radius 1 is 1.36 bits per heavy atom. The van der Waals surface area contributed by atoms with Gasteiger partial charge in [0.05, 0.1) is 12.8 Å². The number of aliphatic hydroxyl groups is 1. The van der Waals surface area contributed by atoms with Gasteiger partial charge in [0.25, 0.3) is 0 Å². The molecule has 0 spiro atoms. The maximum absolute atomic E-state index is 10.5. The van der Waals surface area contributed by atoms with E-state index in [9.17, 15) is 5.11 Å². The highest BCUT2D eigenvalue weighted by atomic mass is 127. The van der Waals surface area contributed by atoms with E-state index in [1.165, 1.54) is 25.9 Å². The van der Waals surface area contributed by atoms with E-state index in [1.54, 1.807) is 25.3 Å². The van der Waals surface area contributed by atoms with Gasteiger partial charge in [-0.25, -0.2) is 4.99 Å². The number of hydrogen-bond acceptors (Lipinski definition) is 4. The van der Waals surface area contributed by atoms with Crippen LogP contribution in [0.1, 0.15) is 45.8 Å². The van der Waals surface area contributed by atoms with Gasteiger partial charge in [-0.05, 0) is 58.3 Å². The summed E-state index contributed by atoms with van der Waals surface area (Å²) in [5.74, 6) is 1.27. The van der Waals surface area contributed by atoms with Gasteiger partial charge in [-0.15, -0.1) is 24.0 Å². The Bertz CT molecular complexity index is 499. The van der Waals surface area contributed by atoms with Crippen LogP contribution in [0.25, 0.3) is 0 Å². The molecule has 0 saturated carbocycles. The number of aliphatic imine (C=N–C) groups is 1. The molecule has 144 valence electrons. The van der Waals surface area contributed by atoms with Crippen molar-refractivity contribution in [2.75, 3.05) is 32.7 Å². The molecule has 3 N–H and O–H groups in total. The molecule has 7 heteroatoms. The van der Waals surface area contributed by atoms with E-state index in [4.69, 9.17) is 4.42 Å². The maximum atomic E-state index is 10.5. The van der Waals surface area contributed by atoms with E-state index < -0.39 is 5.60 Å². The number of likely N-dealkylation sites (tertiary alicyclic amines) is 1. The largest absolute Gasteiger partial charge is 0.466 e. The zero-order valence-electron chi connectivity index (χ0n) is 15.6. The zero-order valence-corrected chi connectivity index (χ0v) is 18.0. The Kier molecular flexibility index (Phi) is 9.81. The minimum atomic E-state index is -1.11. The summed E-state index contributed by atoms with van der Waals surface area (Å²) in [5.41, 5.74) is -1.11. The van der Waals surface area contributed by atoms with Crippen LogP contribution in [0.15, 0.2) is 27.8 Å². The van der Waals surface area contributed by atoms with Crippen LogP contribution in [0, 0.1) is 0 Å². The molecule has 1 aliphatic rings. The summed E-state index contributed by atoms with van der Waals surface area (Å²) in [4.78, 5) is 7.09. The molecule has 0 aliphatic carbocycles. The van der Waals surface area contributed by atoms with Crippen molar-refractivity contribution in [1.29, 1.82) is 0 Å². The predicted molar refractivity (Wildman–Crippen MR) is 113 cm³/mol. The van der Waals surface area contributed by atoms with Crippen LogP contribution in [0.2, 0.25) is 0 Å². The van der Waals surface area contributed by atoms with E-state index in [0.717, 1.165) is 25.5 Å². The zero-order chi connectivity index (χ0) is 17.4. The van der Waals surface area contributed by atoms with E-state index >= 15 is 0 Å². The van der Waals surface area contributed by atoms with Gasteiger partial charge >= 0.3 is 0 Å². The Morgan fingerprint density at radius 2 is 2.08 bits per heavy atom. The summed E-state index contributed by atoms with van der Waals surface area (Å²) in [6.45, 7) is 10.3. The Morgan fingerprint density at radius 3 is 2.64 bits per heavy atom. The number of guanidine groups is 1. The van der Waals surface area contributed by atoms with Gasteiger partial charge in [-0.1, -0.05) is 6.92 Å². The summed E-state index contributed by atoms with van der Waals surface area (Å²) in [6.07, 6.45) is 5.29.